The van der Waals surface area contributed by atoms with Crippen molar-refractivity contribution >= 4 is 32.5 Å². The Morgan fingerprint density at radius 2 is 2.10 bits per heavy atom. The number of sulfonamides is 1. The lowest BCUT2D eigenvalue weighted by atomic mass is 10.1. The average molecular weight is 318 g/mol. The minimum atomic E-state index is -3.13. The molecule has 0 spiro atoms. The zero-order chi connectivity index (χ0) is 14.8. The highest BCUT2D eigenvalue weighted by Crippen LogP contribution is 2.15. The van der Waals surface area contributed by atoms with Gasteiger partial charge in [-0.2, -0.15) is 0 Å². The highest BCUT2D eigenvalue weighted by atomic mass is 32.2. The van der Waals surface area contributed by atoms with Gasteiger partial charge in [-0.15, -0.1) is 11.3 Å². The molecule has 1 fully saturated rings. The van der Waals surface area contributed by atoms with E-state index in [1.54, 1.807) is 0 Å². The second kappa shape index (κ2) is 6.06. The molecule has 1 saturated heterocycles. The lowest BCUT2D eigenvalue weighted by Crippen LogP contribution is -2.47. The van der Waals surface area contributed by atoms with Gasteiger partial charge in [-0.3, -0.25) is 5.32 Å². The first-order valence-electron chi connectivity index (χ1n) is 6.29. The van der Waals surface area contributed by atoms with E-state index in [1.165, 1.54) is 21.9 Å². The molecule has 1 aromatic rings. The summed E-state index contributed by atoms with van der Waals surface area (Å²) in [4.78, 5) is 15.9. The van der Waals surface area contributed by atoms with Crippen LogP contribution in [-0.2, 0) is 10.0 Å². The molecule has 0 bridgehead atoms. The number of rotatable bonds is 3. The number of aryl methyl sites for hydroxylation is 1. The van der Waals surface area contributed by atoms with E-state index in [-0.39, 0.29) is 12.1 Å². The lowest BCUT2D eigenvalue weighted by Gasteiger charge is -2.30. The lowest BCUT2D eigenvalue weighted by molar-refractivity contribution is 0.238. The molecule has 0 atom stereocenters. The van der Waals surface area contributed by atoms with Crippen molar-refractivity contribution in [3.63, 3.8) is 0 Å². The number of anilines is 1. The van der Waals surface area contributed by atoms with Crippen molar-refractivity contribution in [1.29, 1.82) is 0 Å². The van der Waals surface area contributed by atoms with Crippen LogP contribution in [0.2, 0.25) is 0 Å². The zero-order valence-electron chi connectivity index (χ0n) is 11.4. The van der Waals surface area contributed by atoms with Crippen molar-refractivity contribution in [3.05, 3.63) is 11.1 Å². The summed E-state index contributed by atoms with van der Waals surface area (Å²) in [5, 5.41) is 7.95. The number of nitrogens with one attached hydrogen (secondary N) is 2. The Balaban J connectivity index is 1.79. The Morgan fingerprint density at radius 1 is 1.45 bits per heavy atom. The minimum Gasteiger partial charge on any atom is -0.335 e. The molecule has 0 radical (unpaired) electrons. The summed E-state index contributed by atoms with van der Waals surface area (Å²) in [7, 11) is -3.13. The van der Waals surface area contributed by atoms with Crippen molar-refractivity contribution in [3.8, 4) is 0 Å². The first kappa shape index (κ1) is 15.2. The summed E-state index contributed by atoms with van der Waals surface area (Å²) in [6.07, 6.45) is 2.45. The highest BCUT2D eigenvalue weighted by Gasteiger charge is 2.25. The Bertz CT molecular complexity index is 576. The van der Waals surface area contributed by atoms with Crippen LogP contribution >= 0.6 is 11.3 Å². The van der Waals surface area contributed by atoms with Gasteiger partial charge in [-0.1, -0.05) is 0 Å². The number of hydrogen-bond acceptors (Lipinski definition) is 5. The second-order valence-corrected chi connectivity index (χ2v) is 7.67. The molecule has 7 nitrogen and oxygen atoms in total. The number of amides is 2. The van der Waals surface area contributed by atoms with Crippen LogP contribution < -0.4 is 10.6 Å². The third kappa shape index (κ3) is 4.15. The number of urea groups is 1. The number of piperidine rings is 1. The molecule has 9 heteroatoms. The normalized spacial score (nSPS) is 17.9. The van der Waals surface area contributed by atoms with Crippen LogP contribution in [0, 0.1) is 6.92 Å². The molecule has 0 aliphatic carbocycles. The van der Waals surface area contributed by atoms with Crippen LogP contribution in [0.15, 0.2) is 5.38 Å². The van der Waals surface area contributed by atoms with E-state index in [1.807, 2.05) is 12.3 Å². The van der Waals surface area contributed by atoms with Gasteiger partial charge in [-0.25, -0.2) is 22.5 Å². The molecule has 1 aromatic heterocycles. The van der Waals surface area contributed by atoms with Crippen molar-refractivity contribution in [2.75, 3.05) is 24.7 Å². The van der Waals surface area contributed by atoms with Crippen LogP contribution in [-0.4, -0.2) is 49.1 Å². The van der Waals surface area contributed by atoms with Gasteiger partial charge >= 0.3 is 6.03 Å². The maximum Gasteiger partial charge on any atom is 0.321 e. The summed E-state index contributed by atoms with van der Waals surface area (Å²) < 4.78 is 24.2. The summed E-state index contributed by atoms with van der Waals surface area (Å²) in [6, 6.07) is -0.300. The quantitative estimate of drug-likeness (QED) is 0.869. The van der Waals surface area contributed by atoms with Crippen molar-refractivity contribution in [2.45, 2.75) is 25.8 Å². The molecule has 2 amide bonds. The van der Waals surface area contributed by atoms with Gasteiger partial charge in [0.15, 0.2) is 5.13 Å². The van der Waals surface area contributed by atoms with Crippen molar-refractivity contribution in [1.82, 2.24) is 14.6 Å². The largest absolute Gasteiger partial charge is 0.335 e. The molecule has 2 N–H and O–H groups in total. The first-order chi connectivity index (χ1) is 9.34. The molecule has 0 unspecified atom stereocenters. The number of hydrogen-bond donors (Lipinski definition) is 2. The van der Waals surface area contributed by atoms with Crippen LogP contribution in [0.1, 0.15) is 18.5 Å². The molecule has 1 aliphatic rings. The van der Waals surface area contributed by atoms with Crippen LogP contribution in [0.3, 0.4) is 0 Å². The molecule has 0 aromatic carbocycles. The molecule has 1 aliphatic heterocycles. The molecular formula is C11H18N4O3S2. The van der Waals surface area contributed by atoms with Crippen molar-refractivity contribution < 1.29 is 13.2 Å². The van der Waals surface area contributed by atoms with Crippen LogP contribution in [0.4, 0.5) is 9.93 Å². The molecular weight excluding hydrogens is 300 g/mol. The van der Waals surface area contributed by atoms with E-state index < -0.39 is 10.0 Å². The standard InChI is InChI=1S/C11H18N4O3S2/c1-8-7-19-11(12-8)14-10(16)13-9-3-5-15(6-4-9)20(2,17)18/h7,9H,3-6H2,1-2H3,(H2,12,13,14,16). The maximum atomic E-state index is 11.8. The van der Waals surface area contributed by atoms with E-state index >= 15 is 0 Å². The number of nitrogens with zero attached hydrogens (tertiary/aromatic N) is 2. The molecule has 112 valence electrons. The minimum absolute atomic E-state index is 0.00550. The smallest absolute Gasteiger partial charge is 0.321 e. The maximum absolute atomic E-state index is 11.8. The van der Waals surface area contributed by atoms with Gasteiger partial charge in [0.05, 0.1) is 11.9 Å². The highest BCUT2D eigenvalue weighted by molar-refractivity contribution is 7.88. The predicted molar refractivity (Wildman–Crippen MR) is 78.4 cm³/mol. The monoisotopic (exact) mass is 318 g/mol. The number of carbonyl (C=O) groups is 1. The number of thiazole rings is 1. The molecule has 2 heterocycles. The third-order valence-corrected chi connectivity index (χ3v) is 5.28. The Labute approximate surface area is 122 Å². The van der Waals surface area contributed by atoms with Gasteiger partial charge in [0, 0.05) is 24.5 Å². The molecule has 20 heavy (non-hydrogen) atoms. The van der Waals surface area contributed by atoms with E-state index in [9.17, 15) is 13.2 Å². The molecule has 0 saturated carbocycles. The average Bonchev–Trinajstić information content (AvgIpc) is 2.74. The summed E-state index contributed by atoms with van der Waals surface area (Å²) in [5.41, 5.74) is 0.867. The van der Waals surface area contributed by atoms with E-state index in [2.05, 4.69) is 15.6 Å². The first-order valence-corrected chi connectivity index (χ1v) is 9.02. The fourth-order valence-electron chi connectivity index (χ4n) is 2.06. The van der Waals surface area contributed by atoms with E-state index in [4.69, 9.17) is 0 Å². The van der Waals surface area contributed by atoms with E-state index in [0.717, 1.165) is 5.69 Å². The SMILES string of the molecule is Cc1csc(NC(=O)NC2CCN(S(C)(=O)=O)CC2)n1. The zero-order valence-corrected chi connectivity index (χ0v) is 13.1. The van der Waals surface area contributed by atoms with Gasteiger partial charge in [-0.05, 0) is 19.8 Å². The summed E-state index contributed by atoms with van der Waals surface area (Å²) >= 11 is 1.37. The Morgan fingerprint density at radius 3 is 2.60 bits per heavy atom. The van der Waals surface area contributed by atoms with Crippen LogP contribution in [0.5, 0.6) is 0 Å². The number of carbonyl (C=O) groups excluding carboxylic acids is 1. The Kier molecular flexibility index (Phi) is 4.61. The summed E-state index contributed by atoms with van der Waals surface area (Å²) in [6.45, 7) is 2.75. The Hall–Kier alpha value is -1.19. The number of aromatic nitrogens is 1. The van der Waals surface area contributed by atoms with Gasteiger partial charge in [0.1, 0.15) is 0 Å². The third-order valence-electron chi connectivity index (χ3n) is 3.10. The second-order valence-electron chi connectivity index (χ2n) is 4.83. The summed E-state index contributed by atoms with van der Waals surface area (Å²) in [5.74, 6) is 0. The van der Waals surface area contributed by atoms with Gasteiger partial charge < -0.3 is 5.32 Å². The fraction of sp³-hybridized carbons (Fsp3) is 0.636. The van der Waals surface area contributed by atoms with Gasteiger partial charge in [0.2, 0.25) is 10.0 Å². The predicted octanol–water partition coefficient (Wildman–Crippen LogP) is 0.997. The van der Waals surface area contributed by atoms with E-state index in [0.29, 0.717) is 31.1 Å². The van der Waals surface area contributed by atoms with Crippen LogP contribution in [0.25, 0.3) is 0 Å². The van der Waals surface area contributed by atoms with Crippen molar-refractivity contribution in [2.24, 2.45) is 0 Å². The topological polar surface area (TPSA) is 91.4 Å². The molecule has 2 rings (SSSR count). The fourth-order valence-corrected chi connectivity index (χ4v) is 3.62. The van der Waals surface area contributed by atoms with Gasteiger partial charge in [0.25, 0.3) is 0 Å².